The molecule has 0 saturated heterocycles. The highest BCUT2D eigenvalue weighted by Crippen LogP contribution is 2.35. The van der Waals surface area contributed by atoms with Crippen LogP contribution >= 0.6 is 0 Å². The molecule has 0 fully saturated rings. The van der Waals surface area contributed by atoms with Gasteiger partial charge in [0.05, 0.1) is 11.0 Å². The number of aromatic nitrogens is 4. The summed E-state index contributed by atoms with van der Waals surface area (Å²) in [6.45, 7) is 2.11. The zero-order chi connectivity index (χ0) is 30.2. The zero-order valence-electron chi connectivity index (χ0n) is 24.6. The monoisotopic (exact) mass is 580 g/mol. The summed E-state index contributed by atoms with van der Waals surface area (Å²) in [6, 6.07) is 51.4. The number of nitrogens with zero attached hydrogens (tertiary/aromatic N) is 4. The van der Waals surface area contributed by atoms with Crippen LogP contribution in [-0.2, 0) is 0 Å². The number of fused-ring (bicyclic) bond motifs is 3. The molecule has 0 aliphatic carbocycles. The third-order valence-corrected chi connectivity index (χ3v) is 7.98. The second kappa shape index (κ2) is 11.2. The SMILES string of the molecule is Cc1ccc(-n2c3ccccc3c3ccc(Oc4ccc(-c5nc(-c6ccccc6)nc(-c6ccccc6)n5)cc4)cc32)cc1. The molecule has 0 radical (unpaired) electrons. The molecule has 0 saturated carbocycles. The molecule has 0 spiro atoms. The highest BCUT2D eigenvalue weighted by atomic mass is 16.5. The summed E-state index contributed by atoms with van der Waals surface area (Å²) in [5.74, 6) is 3.38. The molecule has 2 aromatic heterocycles. The molecule has 45 heavy (non-hydrogen) atoms. The van der Waals surface area contributed by atoms with E-state index in [4.69, 9.17) is 19.7 Å². The Balaban J connectivity index is 1.15. The van der Waals surface area contributed by atoms with Gasteiger partial charge in [-0.2, -0.15) is 0 Å². The van der Waals surface area contributed by atoms with Gasteiger partial charge >= 0.3 is 0 Å². The first-order valence-electron chi connectivity index (χ1n) is 15.0. The lowest BCUT2D eigenvalue weighted by Gasteiger charge is -2.11. The lowest BCUT2D eigenvalue weighted by molar-refractivity contribution is 0.483. The smallest absolute Gasteiger partial charge is 0.164 e. The van der Waals surface area contributed by atoms with Gasteiger partial charge in [0.2, 0.25) is 0 Å². The molecule has 0 unspecified atom stereocenters. The minimum Gasteiger partial charge on any atom is -0.457 e. The third kappa shape index (κ3) is 5.11. The van der Waals surface area contributed by atoms with Gasteiger partial charge in [-0.25, -0.2) is 15.0 Å². The maximum atomic E-state index is 6.40. The lowest BCUT2D eigenvalue weighted by atomic mass is 10.1. The first-order chi connectivity index (χ1) is 22.2. The van der Waals surface area contributed by atoms with E-state index in [1.54, 1.807) is 0 Å². The maximum Gasteiger partial charge on any atom is 0.164 e. The quantitative estimate of drug-likeness (QED) is 0.196. The van der Waals surface area contributed by atoms with Crippen LogP contribution in [0, 0.1) is 6.92 Å². The predicted molar refractivity (Wildman–Crippen MR) is 182 cm³/mol. The van der Waals surface area contributed by atoms with Crippen molar-refractivity contribution in [3.63, 3.8) is 0 Å². The van der Waals surface area contributed by atoms with Crippen LogP contribution in [0.25, 0.3) is 61.7 Å². The summed E-state index contributed by atoms with van der Waals surface area (Å²) >= 11 is 0. The number of hydrogen-bond acceptors (Lipinski definition) is 4. The van der Waals surface area contributed by atoms with Crippen LogP contribution in [0.4, 0.5) is 0 Å². The van der Waals surface area contributed by atoms with Gasteiger partial charge in [0.1, 0.15) is 11.5 Å². The van der Waals surface area contributed by atoms with Gasteiger partial charge in [-0.1, -0.05) is 96.6 Å². The second-order valence-corrected chi connectivity index (χ2v) is 11.0. The van der Waals surface area contributed by atoms with Crippen molar-refractivity contribution < 1.29 is 4.74 Å². The van der Waals surface area contributed by atoms with Crippen molar-refractivity contribution in [3.8, 4) is 51.3 Å². The van der Waals surface area contributed by atoms with Crippen molar-refractivity contribution in [1.29, 1.82) is 0 Å². The topological polar surface area (TPSA) is 52.8 Å². The third-order valence-electron chi connectivity index (χ3n) is 7.98. The minimum absolute atomic E-state index is 0.610. The number of benzene rings is 6. The molecule has 0 atom stereocenters. The van der Waals surface area contributed by atoms with Crippen LogP contribution in [0.1, 0.15) is 5.56 Å². The van der Waals surface area contributed by atoms with Crippen molar-refractivity contribution in [2.45, 2.75) is 6.92 Å². The van der Waals surface area contributed by atoms with Crippen molar-refractivity contribution in [2.75, 3.05) is 0 Å². The molecule has 0 N–H and O–H groups in total. The second-order valence-electron chi connectivity index (χ2n) is 11.0. The predicted octanol–water partition coefficient (Wildman–Crippen LogP) is 10.1. The van der Waals surface area contributed by atoms with Gasteiger partial charge in [-0.05, 0) is 61.5 Å². The Morgan fingerprint density at radius 3 is 1.58 bits per heavy atom. The van der Waals surface area contributed by atoms with Crippen LogP contribution in [0.5, 0.6) is 11.5 Å². The lowest BCUT2D eigenvalue weighted by Crippen LogP contribution is -2.00. The first kappa shape index (κ1) is 26.5. The number of aryl methyl sites for hydroxylation is 1. The fraction of sp³-hybridized carbons (Fsp3) is 0.0250. The number of rotatable bonds is 6. The van der Waals surface area contributed by atoms with Crippen molar-refractivity contribution in [1.82, 2.24) is 19.5 Å². The molecular formula is C40H28N4O. The van der Waals surface area contributed by atoms with Gasteiger partial charge in [-0.3, -0.25) is 0 Å². The molecule has 0 aliphatic heterocycles. The Morgan fingerprint density at radius 2 is 0.956 bits per heavy atom. The molecule has 0 aliphatic rings. The molecule has 8 rings (SSSR count). The van der Waals surface area contributed by atoms with Crippen LogP contribution in [0.15, 0.2) is 152 Å². The van der Waals surface area contributed by atoms with E-state index >= 15 is 0 Å². The van der Waals surface area contributed by atoms with E-state index in [1.807, 2.05) is 91.0 Å². The number of ether oxygens (including phenoxy) is 1. The summed E-state index contributed by atoms with van der Waals surface area (Å²) in [7, 11) is 0. The van der Waals surface area contributed by atoms with E-state index in [-0.39, 0.29) is 0 Å². The summed E-state index contributed by atoms with van der Waals surface area (Å²) in [5, 5.41) is 2.40. The summed E-state index contributed by atoms with van der Waals surface area (Å²) < 4.78 is 8.70. The maximum absolute atomic E-state index is 6.40. The standard InChI is InChI=1S/C40H28N4O/c1-27-16-20-31(21-17-27)44-36-15-9-8-14-34(36)35-25-24-33(26-37(35)44)45-32-22-18-30(19-23-32)40-42-38(28-10-4-2-5-11-28)41-39(43-40)29-12-6-3-7-13-29/h2-26H,1H3. The highest BCUT2D eigenvalue weighted by Gasteiger charge is 2.15. The average molecular weight is 581 g/mol. The van der Waals surface area contributed by atoms with E-state index in [9.17, 15) is 0 Å². The van der Waals surface area contributed by atoms with Crippen molar-refractivity contribution in [3.05, 3.63) is 157 Å². The van der Waals surface area contributed by atoms with E-state index in [0.717, 1.165) is 39.4 Å². The number of para-hydroxylation sites is 1. The minimum atomic E-state index is 0.610. The fourth-order valence-electron chi connectivity index (χ4n) is 5.73. The van der Waals surface area contributed by atoms with E-state index < -0.39 is 0 Å². The molecule has 8 aromatic rings. The Bertz CT molecular complexity index is 2220. The van der Waals surface area contributed by atoms with Crippen LogP contribution in [-0.4, -0.2) is 19.5 Å². The molecule has 5 nitrogen and oxygen atoms in total. The Morgan fingerprint density at radius 1 is 0.444 bits per heavy atom. The van der Waals surface area contributed by atoms with Crippen LogP contribution in [0.3, 0.4) is 0 Å². The van der Waals surface area contributed by atoms with Crippen molar-refractivity contribution in [2.24, 2.45) is 0 Å². The normalized spacial score (nSPS) is 11.2. The zero-order valence-corrected chi connectivity index (χ0v) is 24.6. The van der Waals surface area contributed by atoms with Crippen LogP contribution in [0.2, 0.25) is 0 Å². The van der Waals surface area contributed by atoms with Gasteiger partial charge < -0.3 is 9.30 Å². The first-order valence-corrected chi connectivity index (χ1v) is 15.0. The molecule has 2 heterocycles. The average Bonchev–Trinajstić information content (AvgIpc) is 3.43. The van der Waals surface area contributed by atoms with Gasteiger partial charge in [0.25, 0.3) is 0 Å². The van der Waals surface area contributed by atoms with E-state index in [2.05, 4.69) is 72.2 Å². The Hall–Kier alpha value is -6.07. The largest absolute Gasteiger partial charge is 0.457 e. The summed E-state index contributed by atoms with van der Waals surface area (Å²) in [5.41, 5.74) is 7.39. The fourth-order valence-corrected chi connectivity index (χ4v) is 5.73. The van der Waals surface area contributed by atoms with Gasteiger partial charge in [0.15, 0.2) is 17.5 Å². The Labute approximate surface area is 261 Å². The van der Waals surface area contributed by atoms with E-state index in [0.29, 0.717) is 17.5 Å². The molecule has 214 valence electrons. The molecule has 0 amide bonds. The van der Waals surface area contributed by atoms with Crippen LogP contribution < -0.4 is 4.74 Å². The van der Waals surface area contributed by atoms with Crippen molar-refractivity contribution >= 4 is 21.8 Å². The molecule has 0 bridgehead atoms. The summed E-state index contributed by atoms with van der Waals surface area (Å²) in [6.07, 6.45) is 0. The molecule has 5 heteroatoms. The van der Waals surface area contributed by atoms with Gasteiger partial charge in [0, 0.05) is 39.2 Å². The molecular weight excluding hydrogens is 552 g/mol. The van der Waals surface area contributed by atoms with E-state index in [1.165, 1.54) is 21.9 Å². The highest BCUT2D eigenvalue weighted by molar-refractivity contribution is 6.09. The molecule has 6 aromatic carbocycles. The van der Waals surface area contributed by atoms with Gasteiger partial charge in [-0.15, -0.1) is 0 Å². The Kier molecular flexibility index (Phi) is 6.61. The summed E-state index contributed by atoms with van der Waals surface area (Å²) in [4.78, 5) is 14.5. The number of hydrogen-bond donors (Lipinski definition) is 0.